The van der Waals surface area contributed by atoms with Crippen LogP contribution in [0.1, 0.15) is 116 Å². The third kappa shape index (κ3) is 12.7. The van der Waals surface area contributed by atoms with Crippen LogP contribution in [-0.2, 0) is 52.2 Å². The number of hydrogen-bond donors (Lipinski definition) is 2. The number of phenols is 2. The standard InChI is InChI=1S/2C16H27O4P.Ca/c2*1-15(2,3)12-8-11(10-21(18,19)20-7)9-13(14(12)17)16(4,5)6;/h2*8-9,17H,10H2,1-7H3,(H,18,19);/q;;+2/p-2. The quantitative estimate of drug-likeness (QED) is 0.248. The van der Waals surface area contributed by atoms with E-state index in [1.807, 2.05) is 83.1 Å². The van der Waals surface area contributed by atoms with E-state index in [1.165, 1.54) is 14.2 Å². The maximum Gasteiger partial charge on any atom is 2.00 e. The molecule has 8 nitrogen and oxygen atoms in total. The van der Waals surface area contributed by atoms with Gasteiger partial charge in [-0.25, -0.2) is 0 Å². The molecule has 11 heteroatoms. The number of benzene rings is 2. The zero-order chi connectivity index (χ0) is 33.3. The fourth-order valence-electron chi connectivity index (χ4n) is 4.43. The second-order valence-corrected chi connectivity index (χ2v) is 18.8. The van der Waals surface area contributed by atoms with Gasteiger partial charge in [-0.2, -0.15) is 0 Å². The van der Waals surface area contributed by atoms with Crippen molar-refractivity contribution in [2.45, 2.75) is 117 Å². The van der Waals surface area contributed by atoms with Gasteiger partial charge in [0.05, 0.1) is 0 Å². The van der Waals surface area contributed by atoms with E-state index >= 15 is 0 Å². The Morgan fingerprint density at radius 1 is 0.558 bits per heavy atom. The minimum Gasteiger partial charge on any atom is -0.778 e. The molecule has 2 rings (SSSR count). The third-order valence-corrected chi connectivity index (χ3v) is 9.50. The Balaban J connectivity index is 0.000000802. The largest absolute Gasteiger partial charge is 2.00 e. The van der Waals surface area contributed by atoms with E-state index in [9.17, 15) is 29.1 Å². The van der Waals surface area contributed by atoms with Crippen LogP contribution in [0.3, 0.4) is 0 Å². The molecule has 2 N–H and O–H groups in total. The molecule has 0 aliphatic carbocycles. The normalized spacial score (nSPS) is 15.4. The molecule has 0 amide bonds. The Bertz CT molecular complexity index is 1170. The number of hydrogen-bond acceptors (Lipinski definition) is 8. The fraction of sp³-hybridized carbons (Fsp3) is 0.625. The molecule has 2 aromatic carbocycles. The first-order valence-electron chi connectivity index (χ1n) is 14.0. The number of aromatic hydroxyl groups is 2. The van der Waals surface area contributed by atoms with Crippen molar-refractivity contribution < 1.29 is 38.2 Å². The average Bonchev–Trinajstić information content (AvgIpc) is 2.78. The summed E-state index contributed by atoms with van der Waals surface area (Å²) in [5, 5.41) is 21.1. The van der Waals surface area contributed by atoms with Crippen molar-refractivity contribution in [1.29, 1.82) is 0 Å². The summed E-state index contributed by atoms with van der Waals surface area (Å²) < 4.78 is 32.6. The van der Waals surface area contributed by atoms with Gasteiger partial charge < -0.3 is 38.2 Å². The van der Waals surface area contributed by atoms with E-state index in [0.29, 0.717) is 11.1 Å². The number of rotatable bonds is 6. The Kier molecular flexibility index (Phi) is 14.9. The summed E-state index contributed by atoms with van der Waals surface area (Å²) >= 11 is 0. The molecule has 2 atom stereocenters. The summed E-state index contributed by atoms with van der Waals surface area (Å²) in [6, 6.07) is 7.03. The molecular weight excluding hydrogens is 614 g/mol. The average molecular weight is 667 g/mol. The van der Waals surface area contributed by atoms with E-state index in [1.54, 1.807) is 24.3 Å². The van der Waals surface area contributed by atoms with Crippen molar-refractivity contribution in [3.63, 3.8) is 0 Å². The van der Waals surface area contributed by atoms with E-state index in [0.717, 1.165) is 22.3 Å². The summed E-state index contributed by atoms with van der Waals surface area (Å²) in [4.78, 5) is 23.4. The van der Waals surface area contributed by atoms with Gasteiger partial charge in [-0.3, -0.25) is 0 Å². The Morgan fingerprint density at radius 3 is 0.884 bits per heavy atom. The smallest absolute Gasteiger partial charge is 0.778 e. The predicted molar refractivity (Wildman–Crippen MR) is 173 cm³/mol. The maximum atomic E-state index is 11.7. The second-order valence-electron chi connectivity index (χ2n) is 15.0. The first kappa shape index (κ1) is 42.6. The van der Waals surface area contributed by atoms with Crippen LogP contribution >= 0.6 is 15.2 Å². The molecule has 2 unspecified atom stereocenters. The molecule has 2 aromatic rings. The predicted octanol–water partition coefficient (Wildman–Crippen LogP) is 6.99. The molecule has 0 fully saturated rings. The van der Waals surface area contributed by atoms with Crippen LogP contribution in [0.2, 0.25) is 0 Å². The van der Waals surface area contributed by atoms with Crippen LogP contribution in [0.15, 0.2) is 24.3 Å². The van der Waals surface area contributed by atoms with Gasteiger partial charge in [0.1, 0.15) is 26.7 Å². The van der Waals surface area contributed by atoms with Gasteiger partial charge in [0.2, 0.25) is 0 Å². The van der Waals surface area contributed by atoms with Gasteiger partial charge in [-0.05, 0) is 55.0 Å². The van der Waals surface area contributed by atoms with Crippen molar-refractivity contribution in [2.24, 2.45) is 0 Å². The van der Waals surface area contributed by atoms with Gasteiger partial charge in [-0.1, -0.05) is 107 Å². The molecule has 0 aliphatic heterocycles. The van der Waals surface area contributed by atoms with Crippen molar-refractivity contribution >= 4 is 52.9 Å². The van der Waals surface area contributed by atoms with Gasteiger partial charge in [0.15, 0.2) is 0 Å². The van der Waals surface area contributed by atoms with Crippen molar-refractivity contribution in [1.82, 2.24) is 0 Å². The van der Waals surface area contributed by atoms with E-state index in [-0.39, 0.29) is 83.2 Å². The van der Waals surface area contributed by atoms with Gasteiger partial charge in [-0.15, -0.1) is 0 Å². The molecule has 0 bridgehead atoms. The molecule has 0 saturated heterocycles. The molecule has 0 spiro atoms. The molecule has 0 heterocycles. The number of phenolic OH excluding ortho intramolecular Hbond substituents is 2. The van der Waals surface area contributed by atoms with Gasteiger partial charge in [0, 0.05) is 26.5 Å². The van der Waals surface area contributed by atoms with Crippen LogP contribution in [-0.4, -0.2) is 62.2 Å². The van der Waals surface area contributed by atoms with Crippen molar-refractivity contribution in [3.8, 4) is 11.5 Å². The summed E-state index contributed by atoms with van der Waals surface area (Å²) in [5.41, 5.74) is 3.18. The molecule has 0 aromatic heterocycles. The van der Waals surface area contributed by atoms with E-state index < -0.39 is 15.2 Å². The molecule has 240 valence electrons. The van der Waals surface area contributed by atoms with Crippen LogP contribution in [0.25, 0.3) is 0 Å². The van der Waals surface area contributed by atoms with Gasteiger partial charge >= 0.3 is 37.7 Å². The molecule has 0 aliphatic rings. The van der Waals surface area contributed by atoms with Gasteiger partial charge in [0.25, 0.3) is 0 Å². The van der Waals surface area contributed by atoms with Crippen LogP contribution in [0, 0.1) is 0 Å². The summed E-state index contributed by atoms with van der Waals surface area (Å²) in [6.07, 6.45) is -0.341. The van der Waals surface area contributed by atoms with Crippen LogP contribution in [0.5, 0.6) is 11.5 Å². The van der Waals surface area contributed by atoms with Crippen LogP contribution in [0.4, 0.5) is 0 Å². The van der Waals surface area contributed by atoms with Crippen molar-refractivity contribution in [3.05, 3.63) is 57.6 Å². The Hall–Kier alpha value is -0.400. The molecule has 0 radical (unpaired) electrons. The fourth-order valence-corrected chi connectivity index (χ4v) is 5.95. The minimum absolute atomic E-state index is 0. The summed E-state index contributed by atoms with van der Waals surface area (Å²) in [6.45, 7) is 23.9. The second kappa shape index (κ2) is 15.0. The van der Waals surface area contributed by atoms with E-state index in [2.05, 4.69) is 9.05 Å². The third-order valence-electron chi connectivity index (χ3n) is 6.88. The molecule has 0 saturated carbocycles. The first-order valence-corrected chi connectivity index (χ1v) is 17.5. The molecular formula is C32H52CaO8P2. The SMILES string of the molecule is COP(=O)([O-])Cc1cc(C(C)(C)C)c(O)c(C(C)(C)C)c1.COP(=O)([O-])Cc1cc(C(C)(C)C)c(O)c(C(C)(C)C)c1.[Ca+2]. The Morgan fingerprint density at radius 2 is 0.744 bits per heavy atom. The Labute approximate surface area is 289 Å². The zero-order valence-electron chi connectivity index (χ0n) is 28.7. The minimum atomic E-state index is -3.89. The summed E-state index contributed by atoms with van der Waals surface area (Å²) in [5.74, 6) is 0.494. The monoisotopic (exact) mass is 666 g/mol. The van der Waals surface area contributed by atoms with Crippen molar-refractivity contribution in [2.75, 3.05) is 14.2 Å². The zero-order valence-corrected chi connectivity index (χ0v) is 32.7. The topological polar surface area (TPSA) is 139 Å². The molecule has 43 heavy (non-hydrogen) atoms. The van der Waals surface area contributed by atoms with Crippen LogP contribution < -0.4 is 9.79 Å². The maximum absolute atomic E-state index is 11.7. The first-order chi connectivity index (χ1) is 18.6. The van der Waals surface area contributed by atoms with E-state index in [4.69, 9.17) is 0 Å². The summed E-state index contributed by atoms with van der Waals surface area (Å²) in [7, 11) is -5.43.